The molecule has 0 radical (unpaired) electrons. The Morgan fingerprint density at radius 3 is 2.52 bits per heavy atom. The van der Waals surface area contributed by atoms with E-state index in [1.165, 1.54) is 0 Å². The SMILES string of the molecule is CSC1CC2CCC(C1)N2S(=O)(=O)Cc1cccc(Cl)c1. The minimum Gasteiger partial charge on any atom is -0.212 e. The Hall–Kier alpha value is -0.230. The molecule has 0 N–H and O–H groups in total. The molecule has 2 fully saturated rings. The van der Waals surface area contributed by atoms with E-state index in [9.17, 15) is 8.42 Å². The summed E-state index contributed by atoms with van der Waals surface area (Å²) in [6.45, 7) is 0. The van der Waals surface area contributed by atoms with Gasteiger partial charge in [0.15, 0.2) is 0 Å². The lowest BCUT2D eigenvalue weighted by Gasteiger charge is -2.37. The summed E-state index contributed by atoms with van der Waals surface area (Å²) in [6, 6.07) is 7.55. The molecular weight excluding hydrogens is 326 g/mol. The van der Waals surface area contributed by atoms with E-state index in [0.717, 1.165) is 31.2 Å². The fourth-order valence-corrected chi connectivity index (χ4v) is 6.73. The van der Waals surface area contributed by atoms with Crippen molar-refractivity contribution in [3.05, 3.63) is 34.9 Å². The molecule has 2 aliphatic rings. The summed E-state index contributed by atoms with van der Waals surface area (Å²) in [5, 5.41) is 1.20. The number of hydrogen-bond acceptors (Lipinski definition) is 3. The zero-order valence-corrected chi connectivity index (χ0v) is 14.4. The van der Waals surface area contributed by atoms with Crippen molar-refractivity contribution < 1.29 is 8.42 Å². The maximum atomic E-state index is 12.8. The van der Waals surface area contributed by atoms with Crippen LogP contribution in [0.2, 0.25) is 5.02 Å². The third-order valence-corrected chi connectivity index (χ3v) is 7.74. The highest BCUT2D eigenvalue weighted by Gasteiger charge is 2.46. The first-order valence-electron chi connectivity index (χ1n) is 7.28. The van der Waals surface area contributed by atoms with Crippen molar-refractivity contribution in [3.8, 4) is 0 Å². The van der Waals surface area contributed by atoms with E-state index in [2.05, 4.69) is 6.26 Å². The van der Waals surface area contributed by atoms with Gasteiger partial charge in [-0.1, -0.05) is 23.7 Å². The molecule has 2 unspecified atom stereocenters. The summed E-state index contributed by atoms with van der Waals surface area (Å²) in [5.41, 5.74) is 0.772. The molecule has 2 bridgehead atoms. The molecule has 3 rings (SSSR count). The quantitative estimate of drug-likeness (QED) is 0.837. The minimum absolute atomic E-state index is 0.0600. The van der Waals surface area contributed by atoms with E-state index >= 15 is 0 Å². The molecule has 2 aliphatic heterocycles. The zero-order valence-electron chi connectivity index (χ0n) is 12.0. The number of thioether (sulfide) groups is 1. The van der Waals surface area contributed by atoms with E-state index in [1.807, 2.05) is 23.9 Å². The molecule has 2 heterocycles. The van der Waals surface area contributed by atoms with Crippen molar-refractivity contribution in [3.63, 3.8) is 0 Å². The summed E-state index contributed by atoms with van der Waals surface area (Å²) in [6.07, 6.45) is 6.13. The van der Waals surface area contributed by atoms with Gasteiger partial charge in [-0.05, 0) is 49.6 Å². The third kappa shape index (κ3) is 3.26. The van der Waals surface area contributed by atoms with Crippen LogP contribution in [0.4, 0.5) is 0 Å². The van der Waals surface area contributed by atoms with Gasteiger partial charge in [0.1, 0.15) is 0 Å². The van der Waals surface area contributed by atoms with Crippen molar-refractivity contribution in [2.45, 2.75) is 48.8 Å². The van der Waals surface area contributed by atoms with Crippen LogP contribution in [0.15, 0.2) is 24.3 Å². The Morgan fingerprint density at radius 1 is 1.29 bits per heavy atom. The highest BCUT2D eigenvalue weighted by Crippen LogP contribution is 2.41. The van der Waals surface area contributed by atoms with E-state index in [0.29, 0.717) is 10.3 Å². The topological polar surface area (TPSA) is 37.4 Å². The predicted octanol–water partition coefficient (Wildman–Crippen LogP) is 3.53. The fraction of sp³-hybridized carbons (Fsp3) is 0.600. The Balaban J connectivity index is 1.80. The molecule has 0 saturated carbocycles. The standard InChI is InChI=1S/C15H20ClNO2S2/c1-20-15-8-13-5-6-14(9-15)17(13)21(18,19)10-11-3-2-4-12(16)7-11/h2-4,7,13-15H,5-6,8-10H2,1H3. The number of sulfonamides is 1. The second kappa shape index (κ2) is 6.11. The van der Waals surface area contributed by atoms with Crippen LogP contribution in [-0.4, -0.2) is 36.3 Å². The molecule has 0 amide bonds. The molecule has 6 heteroatoms. The second-order valence-electron chi connectivity index (χ2n) is 5.93. The number of benzene rings is 1. The lowest BCUT2D eigenvalue weighted by molar-refractivity contribution is 0.253. The normalized spacial score (nSPS) is 29.7. The van der Waals surface area contributed by atoms with E-state index in [-0.39, 0.29) is 17.8 Å². The van der Waals surface area contributed by atoms with Crippen molar-refractivity contribution in [1.82, 2.24) is 4.31 Å². The van der Waals surface area contributed by atoms with Crippen LogP contribution < -0.4 is 0 Å². The predicted molar refractivity (Wildman–Crippen MR) is 89.3 cm³/mol. The summed E-state index contributed by atoms with van der Waals surface area (Å²) < 4.78 is 27.4. The van der Waals surface area contributed by atoms with Crippen LogP contribution in [-0.2, 0) is 15.8 Å². The molecule has 2 saturated heterocycles. The van der Waals surface area contributed by atoms with Gasteiger partial charge < -0.3 is 0 Å². The molecule has 0 spiro atoms. The maximum absolute atomic E-state index is 12.8. The van der Waals surface area contributed by atoms with Gasteiger partial charge in [-0.3, -0.25) is 0 Å². The van der Waals surface area contributed by atoms with Crippen molar-refractivity contribution in [2.75, 3.05) is 6.26 Å². The number of halogens is 1. The highest BCUT2D eigenvalue weighted by atomic mass is 35.5. The number of hydrogen-bond donors (Lipinski definition) is 0. The van der Waals surface area contributed by atoms with Gasteiger partial charge in [0.05, 0.1) is 5.75 Å². The van der Waals surface area contributed by atoms with Crippen LogP contribution in [0, 0.1) is 0 Å². The summed E-state index contributed by atoms with van der Waals surface area (Å²) >= 11 is 7.83. The van der Waals surface area contributed by atoms with Crippen LogP contribution in [0.1, 0.15) is 31.2 Å². The van der Waals surface area contributed by atoms with Crippen LogP contribution in [0.3, 0.4) is 0 Å². The largest absolute Gasteiger partial charge is 0.218 e. The van der Waals surface area contributed by atoms with Crippen LogP contribution >= 0.6 is 23.4 Å². The number of rotatable bonds is 4. The summed E-state index contributed by atoms with van der Waals surface area (Å²) in [7, 11) is -3.26. The Kier molecular flexibility index (Phi) is 4.55. The summed E-state index contributed by atoms with van der Waals surface area (Å²) in [4.78, 5) is 0. The van der Waals surface area contributed by atoms with Gasteiger partial charge in [-0.2, -0.15) is 16.1 Å². The lowest BCUT2D eigenvalue weighted by atomic mass is 10.1. The van der Waals surface area contributed by atoms with Gasteiger partial charge in [0, 0.05) is 22.4 Å². The molecular formula is C15H20ClNO2S2. The number of fused-ring (bicyclic) bond motifs is 2. The molecule has 21 heavy (non-hydrogen) atoms. The van der Waals surface area contributed by atoms with E-state index < -0.39 is 10.0 Å². The molecule has 1 aromatic carbocycles. The number of piperidine rings is 1. The molecule has 2 atom stereocenters. The average molecular weight is 346 g/mol. The molecule has 0 aromatic heterocycles. The molecule has 1 aromatic rings. The Morgan fingerprint density at radius 2 is 1.95 bits per heavy atom. The van der Waals surface area contributed by atoms with E-state index in [1.54, 1.807) is 16.4 Å². The smallest absolute Gasteiger partial charge is 0.212 e. The van der Waals surface area contributed by atoms with Crippen LogP contribution in [0.5, 0.6) is 0 Å². The van der Waals surface area contributed by atoms with Gasteiger partial charge in [0.2, 0.25) is 10.0 Å². The first-order chi connectivity index (χ1) is 9.99. The molecule has 116 valence electrons. The molecule has 0 aliphatic carbocycles. The minimum atomic E-state index is -3.26. The number of nitrogens with zero attached hydrogens (tertiary/aromatic N) is 1. The Labute approximate surface area is 136 Å². The van der Waals surface area contributed by atoms with E-state index in [4.69, 9.17) is 11.6 Å². The third-order valence-electron chi connectivity index (χ3n) is 4.52. The monoisotopic (exact) mass is 345 g/mol. The Bertz CT molecular complexity index is 606. The molecule has 3 nitrogen and oxygen atoms in total. The van der Waals surface area contributed by atoms with Gasteiger partial charge in [-0.15, -0.1) is 0 Å². The summed E-state index contributed by atoms with van der Waals surface area (Å²) in [5.74, 6) is 0.0600. The zero-order chi connectivity index (χ0) is 15.0. The van der Waals surface area contributed by atoms with Gasteiger partial charge in [-0.25, -0.2) is 8.42 Å². The van der Waals surface area contributed by atoms with Gasteiger partial charge >= 0.3 is 0 Å². The first kappa shape index (κ1) is 15.7. The van der Waals surface area contributed by atoms with Crippen molar-refractivity contribution in [2.24, 2.45) is 0 Å². The van der Waals surface area contributed by atoms with Crippen molar-refractivity contribution >= 4 is 33.4 Å². The van der Waals surface area contributed by atoms with Crippen LogP contribution in [0.25, 0.3) is 0 Å². The van der Waals surface area contributed by atoms with Crippen molar-refractivity contribution in [1.29, 1.82) is 0 Å². The van der Waals surface area contributed by atoms with Gasteiger partial charge in [0.25, 0.3) is 0 Å². The second-order valence-corrected chi connectivity index (χ2v) is 9.38. The average Bonchev–Trinajstić information content (AvgIpc) is 2.71. The first-order valence-corrected chi connectivity index (χ1v) is 10.6. The lowest BCUT2D eigenvalue weighted by Crippen LogP contribution is -2.47. The maximum Gasteiger partial charge on any atom is 0.218 e. The highest BCUT2D eigenvalue weighted by molar-refractivity contribution is 7.99. The fourth-order valence-electron chi connectivity index (χ4n) is 3.64.